The fourth-order valence-corrected chi connectivity index (χ4v) is 2.48. The standard InChI is InChI=1S/C19H16ClNO3/c1-2-23-18-6-4-3-5-16(18)21-19(22)10-8-15-12-13-11-14(20)7-9-17(13)24-15/h3-12H,2H2,1H3,(H,21,22)/b10-8+. The van der Waals surface area contributed by atoms with Gasteiger partial charge >= 0.3 is 0 Å². The van der Waals surface area contributed by atoms with Gasteiger partial charge in [-0.3, -0.25) is 4.79 Å². The molecule has 0 saturated carbocycles. The van der Waals surface area contributed by atoms with E-state index in [4.69, 9.17) is 20.8 Å². The molecular formula is C19H16ClNO3. The third-order valence-corrected chi connectivity index (χ3v) is 3.58. The molecule has 122 valence electrons. The van der Waals surface area contributed by atoms with E-state index >= 15 is 0 Å². The zero-order valence-corrected chi connectivity index (χ0v) is 13.8. The highest BCUT2D eigenvalue weighted by atomic mass is 35.5. The molecular weight excluding hydrogens is 326 g/mol. The van der Waals surface area contributed by atoms with Gasteiger partial charge in [0.15, 0.2) is 0 Å². The molecule has 0 aliphatic rings. The first-order valence-electron chi connectivity index (χ1n) is 7.55. The number of amides is 1. The van der Waals surface area contributed by atoms with E-state index in [9.17, 15) is 4.79 Å². The SMILES string of the molecule is CCOc1ccccc1NC(=O)/C=C/c1cc2cc(Cl)ccc2o1. The van der Waals surface area contributed by atoms with Gasteiger partial charge in [-0.05, 0) is 49.4 Å². The van der Waals surface area contributed by atoms with Crippen molar-refractivity contribution in [2.75, 3.05) is 11.9 Å². The second kappa shape index (κ2) is 7.23. The average molecular weight is 342 g/mol. The molecule has 3 aromatic rings. The maximum atomic E-state index is 12.1. The lowest BCUT2D eigenvalue weighted by Gasteiger charge is -2.09. The van der Waals surface area contributed by atoms with E-state index in [1.165, 1.54) is 6.08 Å². The Bertz CT molecular complexity index is 899. The second-order valence-corrected chi connectivity index (χ2v) is 5.52. The number of ether oxygens (including phenoxy) is 1. The van der Waals surface area contributed by atoms with Crippen LogP contribution in [0.3, 0.4) is 0 Å². The van der Waals surface area contributed by atoms with Crippen LogP contribution in [0.5, 0.6) is 5.75 Å². The van der Waals surface area contributed by atoms with Crippen molar-refractivity contribution in [3.63, 3.8) is 0 Å². The Labute approximate surface area is 144 Å². The number of anilines is 1. The molecule has 5 heteroatoms. The summed E-state index contributed by atoms with van der Waals surface area (Å²) >= 11 is 5.95. The van der Waals surface area contributed by atoms with E-state index in [-0.39, 0.29) is 5.91 Å². The molecule has 1 aromatic heterocycles. The van der Waals surface area contributed by atoms with E-state index in [0.29, 0.717) is 28.8 Å². The Hall–Kier alpha value is -2.72. The Morgan fingerprint density at radius 1 is 1.25 bits per heavy atom. The van der Waals surface area contributed by atoms with Crippen molar-refractivity contribution in [2.24, 2.45) is 0 Å². The summed E-state index contributed by atoms with van der Waals surface area (Å²) < 4.78 is 11.1. The summed E-state index contributed by atoms with van der Waals surface area (Å²) in [6, 6.07) is 14.5. The smallest absolute Gasteiger partial charge is 0.248 e. The minimum Gasteiger partial charge on any atom is -0.492 e. The van der Waals surface area contributed by atoms with Gasteiger partial charge in [-0.15, -0.1) is 0 Å². The molecule has 24 heavy (non-hydrogen) atoms. The van der Waals surface area contributed by atoms with E-state index in [2.05, 4.69) is 5.32 Å². The maximum Gasteiger partial charge on any atom is 0.248 e. The fourth-order valence-electron chi connectivity index (χ4n) is 2.30. The zero-order chi connectivity index (χ0) is 16.9. The molecule has 4 nitrogen and oxygen atoms in total. The number of fused-ring (bicyclic) bond motifs is 1. The van der Waals surface area contributed by atoms with Crippen LogP contribution in [-0.4, -0.2) is 12.5 Å². The summed E-state index contributed by atoms with van der Waals surface area (Å²) in [4.78, 5) is 12.1. The molecule has 0 unspecified atom stereocenters. The summed E-state index contributed by atoms with van der Waals surface area (Å²) in [6.45, 7) is 2.43. The highest BCUT2D eigenvalue weighted by molar-refractivity contribution is 6.31. The number of benzene rings is 2. The number of rotatable bonds is 5. The number of halogens is 1. The van der Waals surface area contributed by atoms with Crippen molar-refractivity contribution in [3.05, 3.63) is 65.4 Å². The third kappa shape index (κ3) is 3.78. The first-order chi connectivity index (χ1) is 11.7. The van der Waals surface area contributed by atoms with Crippen LogP contribution in [0.1, 0.15) is 12.7 Å². The summed E-state index contributed by atoms with van der Waals surface area (Å²) in [5.41, 5.74) is 1.35. The highest BCUT2D eigenvalue weighted by Crippen LogP contribution is 2.25. The van der Waals surface area contributed by atoms with Crippen LogP contribution >= 0.6 is 11.6 Å². The maximum absolute atomic E-state index is 12.1. The summed E-state index contributed by atoms with van der Waals surface area (Å²) in [7, 11) is 0. The largest absolute Gasteiger partial charge is 0.492 e. The van der Waals surface area contributed by atoms with Crippen molar-refractivity contribution in [1.82, 2.24) is 0 Å². The Morgan fingerprint density at radius 2 is 2.08 bits per heavy atom. The number of furan rings is 1. The summed E-state index contributed by atoms with van der Waals surface area (Å²) in [6.07, 6.45) is 3.04. The van der Waals surface area contributed by atoms with Crippen LogP contribution in [0.4, 0.5) is 5.69 Å². The normalized spacial score (nSPS) is 11.1. The van der Waals surface area contributed by atoms with Crippen LogP contribution in [0, 0.1) is 0 Å². The van der Waals surface area contributed by atoms with Crippen molar-refractivity contribution in [2.45, 2.75) is 6.92 Å². The molecule has 0 saturated heterocycles. The van der Waals surface area contributed by atoms with Gasteiger partial charge in [0.2, 0.25) is 5.91 Å². The van der Waals surface area contributed by atoms with Gasteiger partial charge in [0.05, 0.1) is 12.3 Å². The minimum absolute atomic E-state index is 0.263. The lowest BCUT2D eigenvalue weighted by atomic mass is 10.2. The predicted molar refractivity (Wildman–Crippen MR) is 96.5 cm³/mol. The molecule has 3 rings (SSSR count). The molecule has 1 heterocycles. The van der Waals surface area contributed by atoms with Gasteiger partial charge in [0.1, 0.15) is 17.1 Å². The van der Waals surface area contributed by atoms with Gasteiger partial charge in [-0.2, -0.15) is 0 Å². The minimum atomic E-state index is -0.263. The fraction of sp³-hybridized carbons (Fsp3) is 0.105. The Morgan fingerprint density at radius 3 is 2.92 bits per heavy atom. The number of nitrogens with one attached hydrogen (secondary N) is 1. The van der Waals surface area contributed by atoms with Gasteiger partial charge in [-0.1, -0.05) is 23.7 Å². The molecule has 0 aliphatic carbocycles. The Kier molecular flexibility index (Phi) is 4.87. The van der Waals surface area contributed by atoms with E-state index in [1.54, 1.807) is 24.3 Å². The van der Waals surface area contributed by atoms with Crippen molar-refractivity contribution in [3.8, 4) is 5.75 Å². The number of para-hydroxylation sites is 2. The monoisotopic (exact) mass is 341 g/mol. The Balaban J connectivity index is 1.73. The number of carbonyl (C=O) groups is 1. The molecule has 0 radical (unpaired) electrons. The van der Waals surface area contributed by atoms with E-state index in [1.807, 2.05) is 37.3 Å². The molecule has 0 spiro atoms. The molecule has 0 atom stereocenters. The quantitative estimate of drug-likeness (QED) is 0.654. The van der Waals surface area contributed by atoms with Crippen LogP contribution in [0.2, 0.25) is 5.02 Å². The third-order valence-electron chi connectivity index (χ3n) is 3.34. The van der Waals surface area contributed by atoms with Crippen molar-refractivity contribution in [1.29, 1.82) is 0 Å². The van der Waals surface area contributed by atoms with Crippen LogP contribution in [0.25, 0.3) is 17.0 Å². The zero-order valence-electron chi connectivity index (χ0n) is 13.1. The van der Waals surface area contributed by atoms with E-state index < -0.39 is 0 Å². The van der Waals surface area contributed by atoms with E-state index in [0.717, 1.165) is 11.0 Å². The van der Waals surface area contributed by atoms with Gasteiger partial charge < -0.3 is 14.5 Å². The summed E-state index contributed by atoms with van der Waals surface area (Å²) in [5.74, 6) is 0.960. The van der Waals surface area contributed by atoms with Crippen molar-refractivity contribution >= 4 is 40.2 Å². The number of hydrogen-bond donors (Lipinski definition) is 1. The predicted octanol–water partition coefficient (Wildman–Crippen LogP) is 5.14. The van der Waals surface area contributed by atoms with Crippen molar-refractivity contribution < 1.29 is 13.9 Å². The molecule has 0 fully saturated rings. The lowest BCUT2D eigenvalue weighted by Crippen LogP contribution is -2.09. The molecule has 1 N–H and O–H groups in total. The van der Waals surface area contributed by atoms with Crippen LogP contribution in [0.15, 0.2) is 59.0 Å². The first-order valence-corrected chi connectivity index (χ1v) is 7.93. The number of hydrogen-bond acceptors (Lipinski definition) is 3. The lowest BCUT2D eigenvalue weighted by molar-refractivity contribution is -0.111. The van der Waals surface area contributed by atoms with Gasteiger partial charge in [0, 0.05) is 16.5 Å². The van der Waals surface area contributed by atoms with Gasteiger partial charge in [0.25, 0.3) is 0 Å². The highest BCUT2D eigenvalue weighted by Gasteiger charge is 2.06. The number of carbonyl (C=O) groups excluding carboxylic acids is 1. The second-order valence-electron chi connectivity index (χ2n) is 5.08. The topological polar surface area (TPSA) is 51.5 Å². The molecule has 1 amide bonds. The van der Waals surface area contributed by atoms with Crippen LogP contribution in [-0.2, 0) is 4.79 Å². The first kappa shape index (κ1) is 16.1. The molecule has 0 bridgehead atoms. The average Bonchev–Trinajstić information content (AvgIpc) is 2.97. The summed E-state index contributed by atoms with van der Waals surface area (Å²) in [5, 5.41) is 4.33. The molecule has 2 aromatic carbocycles. The van der Waals surface area contributed by atoms with Gasteiger partial charge in [-0.25, -0.2) is 0 Å². The molecule has 0 aliphatic heterocycles. The van der Waals surface area contributed by atoms with Crippen LogP contribution < -0.4 is 10.1 Å².